The summed E-state index contributed by atoms with van der Waals surface area (Å²) in [7, 11) is -3.73. The van der Waals surface area contributed by atoms with Crippen molar-refractivity contribution in [2.75, 3.05) is 10.0 Å². The highest BCUT2D eigenvalue weighted by atomic mass is 32.2. The first kappa shape index (κ1) is 20.1. The number of carboxylic acids is 1. The van der Waals surface area contributed by atoms with Gasteiger partial charge in [0.1, 0.15) is 5.92 Å². The van der Waals surface area contributed by atoms with Crippen LogP contribution in [0.3, 0.4) is 0 Å². The number of fused-ring (bicyclic) bond motifs is 2. The van der Waals surface area contributed by atoms with Crippen LogP contribution in [0.4, 0.5) is 11.4 Å². The first-order valence-corrected chi connectivity index (χ1v) is 10.8. The maximum absolute atomic E-state index is 12.6. The summed E-state index contributed by atoms with van der Waals surface area (Å²) in [5, 5.41) is 12.1. The molecule has 2 aliphatic heterocycles. The average Bonchev–Trinajstić information content (AvgIpc) is 3.31. The van der Waals surface area contributed by atoms with Crippen molar-refractivity contribution in [1.82, 2.24) is 0 Å². The van der Waals surface area contributed by atoms with Gasteiger partial charge in [-0.25, -0.2) is 8.42 Å². The van der Waals surface area contributed by atoms with Gasteiger partial charge < -0.3 is 15.2 Å². The second kappa shape index (κ2) is 7.58. The number of ether oxygens (including phenoxy) is 1. The van der Waals surface area contributed by atoms with Gasteiger partial charge in [-0.15, -0.1) is 0 Å². The first-order chi connectivity index (χ1) is 14.2. The van der Waals surface area contributed by atoms with E-state index in [0.717, 1.165) is 5.56 Å². The van der Waals surface area contributed by atoms with Crippen LogP contribution in [0.1, 0.15) is 5.56 Å². The Labute approximate surface area is 173 Å². The normalized spacial score (nSPS) is 24.6. The monoisotopic (exact) mass is 428 g/mol. The fraction of sp³-hybridized carbons (Fsp3) is 0.238. The van der Waals surface area contributed by atoms with Crippen molar-refractivity contribution in [3.8, 4) is 0 Å². The Hall–Kier alpha value is -3.17. The lowest BCUT2D eigenvalue weighted by atomic mass is 9.82. The third-order valence-electron chi connectivity index (χ3n) is 5.22. The van der Waals surface area contributed by atoms with E-state index in [1.807, 2.05) is 6.92 Å². The average molecular weight is 428 g/mol. The molecule has 0 aromatic heterocycles. The number of aliphatic carboxylic acids is 1. The van der Waals surface area contributed by atoms with E-state index in [9.17, 15) is 23.1 Å². The van der Waals surface area contributed by atoms with Crippen molar-refractivity contribution in [2.24, 2.45) is 11.8 Å². The number of rotatable bonds is 6. The van der Waals surface area contributed by atoms with Gasteiger partial charge in [0.05, 0.1) is 23.0 Å². The van der Waals surface area contributed by atoms with Gasteiger partial charge in [-0.1, -0.05) is 29.8 Å². The van der Waals surface area contributed by atoms with Crippen LogP contribution in [0.5, 0.6) is 0 Å². The van der Waals surface area contributed by atoms with E-state index in [4.69, 9.17) is 4.74 Å². The standard InChI is InChI=1S/C21H20N2O6S/c1-12-2-8-15(9-3-12)30(27,28)23-14-6-4-13(5-7-14)22-20(24)18-16-10-11-17(29-16)19(18)21(25)26/h2-11,16-19,23H,1H3,(H,22,24)(H,25,26)/t16-,17+,18-,19+/m1/s1. The van der Waals surface area contributed by atoms with E-state index in [1.54, 1.807) is 36.4 Å². The minimum atomic E-state index is -3.73. The molecule has 1 fully saturated rings. The predicted molar refractivity (Wildman–Crippen MR) is 109 cm³/mol. The zero-order chi connectivity index (χ0) is 21.5. The number of benzene rings is 2. The number of carbonyl (C=O) groups is 2. The van der Waals surface area contributed by atoms with Gasteiger partial charge in [-0.05, 0) is 43.3 Å². The van der Waals surface area contributed by atoms with Crippen LogP contribution in [-0.2, 0) is 24.3 Å². The van der Waals surface area contributed by atoms with Crippen molar-refractivity contribution < 1.29 is 27.9 Å². The molecule has 4 atom stereocenters. The number of amides is 1. The van der Waals surface area contributed by atoms with Crippen LogP contribution >= 0.6 is 0 Å². The molecule has 0 unspecified atom stereocenters. The lowest BCUT2D eigenvalue weighted by Gasteiger charge is -2.21. The third kappa shape index (κ3) is 3.81. The van der Waals surface area contributed by atoms with Gasteiger partial charge in [0.15, 0.2) is 0 Å². The summed E-state index contributed by atoms with van der Waals surface area (Å²) in [6.45, 7) is 1.87. The molecule has 0 aliphatic carbocycles. The fourth-order valence-electron chi connectivity index (χ4n) is 3.69. The molecule has 30 heavy (non-hydrogen) atoms. The topological polar surface area (TPSA) is 122 Å². The van der Waals surface area contributed by atoms with E-state index < -0.39 is 45.9 Å². The lowest BCUT2D eigenvalue weighted by Crippen LogP contribution is -2.39. The van der Waals surface area contributed by atoms with Crippen molar-refractivity contribution in [2.45, 2.75) is 24.0 Å². The summed E-state index contributed by atoms with van der Waals surface area (Å²) in [5.74, 6) is -3.28. The van der Waals surface area contributed by atoms with Crippen LogP contribution in [0.2, 0.25) is 0 Å². The number of hydrogen-bond donors (Lipinski definition) is 3. The highest BCUT2D eigenvalue weighted by Gasteiger charge is 2.53. The quantitative estimate of drug-likeness (QED) is 0.608. The fourth-order valence-corrected chi connectivity index (χ4v) is 4.75. The Morgan fingerprint density at radius 1 is 0.900 bits per heavy atom. The summed E-state index contributed by atoms with van der Waals surface area (Å²) in [6.07, 6.45) is 2.22. The third-order valence-corrected chi connectivity index (χ3v) is 6.62. The number of carbonyl (C=O) groups excluding carboxylic acids is 1. The minimum Gasteiger partial charge on any atom is -0.481 e. The van der Waals surface area contributed by atoms with Crippen LogP contribution in [0.15, 0.2) is 65.6 Å². The first-order valence-electron chi connectivity index (χ1n) is 9.31. The van der Waals surface area contributed by atoms with Gasteiger partial charge >= 0.3 is 5.97 Å². The molecule has 8 nitrogen and oxygen atoms in total. The van der Waals surface area contributed by atoms with Crippen LogP contribution in [0, 0.1) is 18.8 Å². The minimum absolute atomic E-state index is 0.148. The predicted octanol–water partition coefficient (Wildman–Crippen LogP) is 2.39. The number of sulfonamides is 1. The molecule has 1 amide bonds. The van der Waals surface area contributed by atoms with Gasteiger partial charge in [-0.3, -0.25) is 14.3 Å². The number of hydrogen-bond acceptors (Lipinski definition) is 5. The Morgan fingerprint density at radius 3 is 2.07 bits per heavy atom. The largest absolute Gasteiger partial charge is 0.481 e. The van der Waals surface area contributed by atoms with E-state index in [0.29, 0.717) is 11.4 Å². The lowest BCUT2D eigenvalue weighted by molar-refractivity contribution is -0.145. The molecule has 2 aromatic carbocycles. The number of anilines is 2. The van der Waals surface area contributed by atoms with Crippen LogP contribution in [0.25, 0.3) is 0 Å². The number of nitrogens with one attached hydrogen (secondary N) is 2. The smallest absolute Gasteiger partial charge is 0.310 e. The molecular formula is C21H20N2O6S. The van der Waals surface area contributed by atoms with Crippen molar-refractivity contribution >= 4 is 33.3 Å². The molecule has 0 radical (unpaired) electrons. The van der Waals surface area contributed by atoms with Crippen molar-refractivity contribution in [3.63, 3.8) is 0 Å². The van der Waals surface area contributed by atoms with E-state index in [-0.39, 0.29) is 4.90 Å². The second-order valence-corrected chi connectivity index (χ2v) is 9.01. The molecular weight excluding hydrogens is 408 g/mol. The Balaban J connectivity index is 1.44. The van der Waals surface area contributed by atoms with E-state index in [1.165, 1.54) is 24.3 Å². The summed E-state index contributed by atoms with van der Waals surface area (Å²) < 4.78 is 32.9. The summed E-state index contributed by atoms with van der Waals surface area (Å²) in [6, 6.07) is 12.6. The summed E-state index contributed by atoms with van der Waals surface area (Å²) >= 11 is 0. The Kier molecular flexibility index (Phi) is 5.08. The summed E-state index contributed by atoms with van der Waals surface area (Å²) in [4.78, 5) is 24.3. The molecule has 9 heteroatoms. The van der Waals surface area contributed by atoms with Gasteiger partial charge in [-0.2, -0.15) is 0 Å². The molecule has 156 valence electrons. The molecule has 2 aromatic rings. The van der Waals surface area contributed by atoms with Gasteiger partial charge in [0.2, 0.25) is 5.91 Å². The zero-order valence-electron chi connectivity index (χ0n) is 16.0. The van der Waals surface area contributed by atoms with E-state index >= 15 is 0 Å². The SMILES string of the molecule is Cc1ccc(S(=O)(=O)Nc2ccc(NC(=O)[C@H]3[C@@H](C(=O)O)[C@@H]4C=C[C@H]3O4)cc2)cc1. The van der Waals surface area contributed by atoms with Crippen molar-refractivity contribution in [1.29, 1.82) is 0 Å². The zero-order valence-corrected chi connectivity index (χ0v) is 16.8. The van der Waals surface area contributed by atoms with E-state index in [2.05, 4.69) is 10.0 Å². The maximum atomic E-state index is 12.6. The highest BCUT2D eigenvalue weighted by Crippen LogP contribution is 2.39. The molecule has 2 aliphatic rings. The Bertz CT molecular complexity index is 1110. The summed E-state index contributed by atoms with van der Waals surface area (Å²) in [5.41, 5.74) is 1.72. The van der Waals surface area contributed by atoms with Gasteiger partial charge in [0.25, 0.3) is 10.0 Å². The van der Waals surface area contributed by atoms with Crippen LogP contribution < -0.4 is 10.0 Å². The van der Waals surface area contributed by atoms with Crippen molar-refractivity contribution in [3.05, 3.63) is 66.2 Å². The molecule has 4 rings (SSSR count). The Morgan fingerprint density at radius 2 is 1.47 bits per heavy atom. The van der Waals surface area contributed by atoms with Crippen LogP contribution in [-0.4, -0.2) is 37.6 Å². The number of aryl methyl sites for hydroxylation is 1. The number of carboxylic acid groups (broad SMARTS) is 1. The molecule has 3 N–H and O–H groups in total. The van der Waals surface area contributed by atoms with Gasteiger partial charge in [0, 0.05) is 11.4 Å². The second-order valence-electron chi connectivity index (χ2n) is 7.33. The molecule has 1 saturated heterocycles. The highest BCUT2D eigenvalue weighted by molar-refractivity contribution is 7.92. The molecule has 2 bridgehead atoms. The molecule has 2 heterocycles. The maximum Gasteiger partial charge on any atom is 0.310 e. The molecule has 0 saturated carbocycles. The molecule has 0 spiro atoms.